The second-order valence-electron chi connectivity index (χ2n) is 5.29. The molecule has 5 nitrogen and oxygen atoms in total. The number of carbonyl (C=O) groups is 1. The van der Waals surface area contributed by atoms with Crippen LogP contribution in [-0.4, -0.2) is 30.7 Å². The molecule has 0 aliphatic rings. The number of methoxy groups -OCH3 is 1. The summed E-state index contributed by atoms with van der Waals surface area (Å²) in [5, 5.41) is 20.4. The zero-order chi connectivity index (χ0) is 18.9. The number of hydrogen-bond donors (Lipinski definition) is 3. The lowest BCUT2D eigenvalue weighted by molar-refractivity contribution is 0.112. The Morgan fingerprint density at radius 3 is 2.31 bits per heavy atom. The average Bonchev–Trinajstić information content (AvgIpc) is 2.71. The number of hydrogen-bond acceptors (Lipinski definition) is 5. The molecule has 3 rings (SSSR count). The first-order valence-corrected chi connectivity index (χ1v) is 7.94. The van der Waals surface area contributed by atoms with E-state index in [1.807, 2.05) is 36.4 Å². The van der Waals surface area contributed by atoms with Crippen LogP contribution in [0.1, 0.15) is 10.4 Å². The van der Waals surface area contributed by atoms with Crippen molar-refractivity contribution in [3.63, 3.8) is 0 Å². The normalized spacial score (nSPS) is 9.65. The Morgan fingerprint density at radius 1 is 0.885 bits per heavy atom. The molecule has 0 unspecified atom stereocenters. The number of phenols is 1. The quantitative estimate of drug-likeness (QED) is 0.473. The van der Waals surface area contributed by atoms with Crippen molar-refractivity contribution in [2.75, 3.05) is 19.5 Å². The molecule has 26 heavy (non-hydrogen) atoms. The van der Waals surface area contributed by atoms with Crippen molar-refractivity contribution in [3.05, 3.63) is 72.3 Å². The number of nitrogens with one attached hydrogen (secondary N) is 1. The summed E-state index contributed by atoms with van der Waals surface area (Å²) in [5.74, 6) is 0.866. The van der Waals surface area contributed by atoms with E-state index in [0.717, 1.165) is 30.3 Å². The van der Waals surface area contributed by atoms with Gasteiger partial charge in [0.1, 0.15) is 11.5 Å². The Kier molecular flexibility index (Phi) is 6.76. The lowest BCUT2D eigenvalue weighted by atomic mass is 10.0. The van der Waals surface area contributed by atoms with Crippen LogP contribution in [0.15, 0.2) is 66.7 Å². The molecule has 0 bridgehead atoms. The first-order valence-electron chi connectivity index (χ1n) is 7.94. The molecular weight excluding hydrogens is 330 g/mol. The molecule has 0 aromatic heterocycles. The van der Waals surface area contributed by atoms with Gasteiger partial charge in [-0.3, -0.25) is 4.79 Å². The zero-order valence-corrected chi connectivity index (χ0v) is 14.6. The van der Waals surface area contributed by atoms with Crippen molar-refractivity contribution in [2.24, 2.45) is 0 Å². The van der Waals surface area contributed by atoms with E-state index in [1.165, 1.54) is 0 Å². The summed E-state index contributed by atoms with van der Waals surface area (Å²) >= 11 is 0. The van der Waals surface area contributed by atoms with E-state index >= 15 is 0 Å². The fourth-order valence-electron chi connectivity index (χ4n) is 2.48. The van der Waals surface area contributed by atoms with Gasteiger partial charge in [-0.25, -0.2) is 0 Å². The fraction of sp³-hybridized carbons (Fsp3) is 0.0952. The summed E-state index contributed by atoms with van der Waals surface area (Å²) in [6, 6.07) is 20.1. The lowest BCUT2D eigenvalue weighted by Crippen LogP contribution is -1.95. The number of anilines is 2. The molecule has 0 amide bonds. The number of ether oxygens (including phenoxy) is 1. The van der Waals surface area contributed by atoms with Crippen molar-refractivity contribution in [1.29, 1.82) is 0 Å². The van der Waals surface area contributed by atoms with Gasteiger partial charge in [0.05, 0.1) is 12.8 Å². The largest absolute Gasteiger partial charge is 0.506 e. The van der Waals surface area contributed by atoms with Crippen molar-refractivity contribution < 1.29 is 19.7 Å². The van der Waals surface area contributed by atoms with Crippen LogP contribution in [0.4, 0.5) is 11.4 Å². The molecule has 0 spiro atoms. The van der Waals surface area contributed by atoms with Gasteiger partial charge in [-0.1, -0.05) is 30.3 Å². The van der Waals surface area contributed by atoms with Crippen LogP contribution in [0.2, 0.25) is 0 Å². The highest BCUT2D eigenvalue weighted by molar-refractivity contribution is 5.87. The van der Waals surface area contributed by atoms with Gasteiger partial charge in [-0.05, 0) is 47.5 Å². The Labute approximate surface area is 152 Å². The summed E-state index contributed by atoms with van der Waals surface area (Å²) in [5.41, 5.74) is 3.55. The number of aldehydes is 1. The van der Waals surface area contributed by atoms with E-state index in [9.17, 15) is 9.90 Å². The zero-order valence-electron chi connectivity index (χ0n) is 14.6. The van der Waals surface area contributed by atoms with Crippen molar-refractivity contribution >= 4 is 17.7 Å². The minimum Gasteiger partial charge on any atom is -0.506 e. The first kappa shape index (κ1) is 19.0. The molecule has 0 fully saturated rings. The van der Waals surface area contributed by atoms with Gasteiger partial charge >= 0.3 is 0 Å². The summed E-state index contributed by atoms with van der Waals surface area (Å²) in [7, 11) is 2.62. The fourth-order valence-corrected chi connectivity index (χ4v) is 2.48. The third kappa shape index (κ3) is 4.40. The van der Waals surface area contributed by atoms with E-state index in [4.69, 9.17) is 9.84 Å². The van der Waals surface area contributed by atoms with Crippen molar-refractivity contribution in [2.45, 2.75) is 0 Å². The second-order valence-corrected chi connectivity index (χ2v) is 5.29. The number of aliphatic hydroxyl groups is 1. The average molecular weight is 351 g/mol. The van der Waals surface area contributed by atoms with Gasteiger partial charge in [-0.15, -0.1) is 0 Å². The maximum atomic E-state index is 11.1. The van der Waals surface area contributed by atoms with E-state index in [-0.39, 0.29) is 5.75 Å². The van der Waals surface area contributed by atoms with Crippen molar-refractivity contribution in [1.82, 2.24) is 0 Å². The summed E-state index contributed by atoms with van der Waals surface area (Å²) < 4.78 is 5.23. The molecule has 0 aliphatic carbocycles. The molecule has 3 aromatic carbocycles. The monoisotopic (exact) mass is 351 g/mol. The van der Waals surface area contributed by atoms with Crippen LogP contribution in [0.25, 0.3) is 11.1 Å². The van der Waals surface area contributed by atoms with Gasteiger partial charge in [0.15, 0.2) is 6.29 Å². The molecule has 3 N–H and O–H groups in total. The second kappa shape index (κ2) is 9.25. The molecule has 0 heterocycles. The standard InChI is InChI=1S/C20H17NO3.CH4O/c1-24-17-7-4-6-14(11-17)15-9-10-19(20(23)12-15)21-18-8-3-2-5-16(18)13-22;1-2/h2-13,21,23H,1H3;2H,1H3. The molecule has 0 atom stereocenters. The van der Waals surface area contributed by atoms with Gasteiger partial charge in [0.2, 0.25) is 0 Å². The Balaban J connectivity index is 0.00000117. The Bertz CT molecular complexity index is 877. The minimum atomic E-state index is 0.107. The topological polar surface area (TPSA) is 78.8 Å². The molecule has 5 heteroatoms. The Hall–Kier alpha value is -3.31. The highest BCUT2D eigenvalue weighted by Gasteiger charge is 2.07. The van der Waals surface area contributed by atoms with Crippen LogP contribution in [0.5, 0.6) is 11.5 Å². The van der Waals surface area contributed by atoms with Gasteiger partial charge < -0.3 is 20.3 Å². The maximum Gasteiger partial charge on any atom is 0.152 e. The number of aromatic hydroxyl groups is 1. The molecule has 3 aromatic rings. The van der Waals surface area contributed by atoms with Crippen LogP contribution in [-0.2, 0) is 0 Å². The third-order valence-corrected chi connectivity index (χ3v) is 3.76. The smallest absolute Gasteiger partial charge is 0.152 e. The summed E-state index contributed by atoms with van der Waals surface area (Å²) in [6.45, 7) is 0. The predicted octanol–water partition coefficient (Wildman–Crippen LogP) is 4.23. The molecule has 0 aliphatic heterocycles. The van der Waals surface area contributed by atoms with Crippen LogP contribution >= 0.6 is 0 Å². The predicted molar refractivity (Wildman–Crippen MR) is 103 cm³/mol. The molecular formula is C21H21NO4. The number of aliphatic hydroxyl groups excluding tert-OH is 1. The van der Waals surface area contributed by atoms with Gasteiger partial charge in [0.25, 0.3) is 0 Å². The van der Waals surface area contributed by atoms with Crippen LogP contribution < -0.4 is 10.1 Å². The van der Waals surface area contributed by atoms with E-state index in [2.05, 4.69) is 5.32 Å². The number of carbonyl (C=O) groups excluding carboxylic acids is 1. The number of phenolic OH excluding ortho intramolecular Hbond substituents is 1. The molecule has 134 valence electrons. The molecule has 0 saturated heterocycles. The van der Waals surface area contributed by atoms with Crippen LogP contribution in [0, 0.1) is 0 Å². The maximum absolute atomic E-state index is 11.1. The molecule has 0 radical (unpaired) electrons. The number of para-hydroxylation sites is 1. The van der Waals surface area contributed by atoms with Gasteiger partial charge in [-0.2, -0.15) is 0 Å². The van der Waals surface area contributed by atoms with E-state index in [0.29, 0.717) is 16.9 Å². The third-order valence-electron chi connectivity index (χ3n) is 3.76. The molecule has 0 saturated carbocycles. The lowest BCUT2D eigenvalue weighted by Gasteiger charge is -2.12. The minimum absolute atomic E-state index is 0.107. The van der Waals surface area contributed by atoms with Crippen LogP contribution in [0.3, 0.4) is 0 Å². The first-order chi connectivity index (χ1) is 12.7. The summed E-state index contributed by atoms with van der Waals surface area (Å²) in [6.07, 6.45) is 0.782. The number of rotatable bonds is 5. The summed E-state index contributed by atoms with van der Waals surface area (Å²) in [4.78, 5) is 11.1. The Morgan fingerprint density at radius 2 is 1.62 bits per heavy atom. The van der Waals surface area contributed by atoms with Crippen molar-refractivity contribution in [3.8, 4) is 22.6 Å². The highest BCUT2D eigenvalue weighted by Crippen LogP contribution is 2.33. The van der Waals surface area contributed by atoms with E-state index < -0.39 is 0 Å². The number of benzene rings is 3. The SMILES string of the molecule is CO.COc1cccc(-c2ccc(Nc3ccccc3C=O)c(O)c2)c1. The van der Waals surface area contributed by atoms with Gasteiger partial charge in [0, 0.05) is 18.4 Å². The van der Waals surface area contributed by atoms with E-state index in [1.54, 1.807) is 37.4 Å². The highest BCUT2D eigenvalue weighted by atomic mass is 16.5.